The molecule has 1 aromatic rings. The van der Waals surface area contributed by atoms with E-state index in [9.17, 15) is 4.79 Å². The van der Waals surface area contributed by atoms with Gasteiger partial charge in [0.15, 0.2) is 0 Å². The van der Waals surface area contributed by atoms with Crippen LogP contribution >= 0.6 is 31.9 Å². The number of piperidine rings is 1. The number of hydrogen-bond acceptors (Lipinski definition) is 2. The molecule has 2 amide bonds. The molecule has 4 nitrogen and oxygen atoms in total. The number of rotatable bonds is 1. The Morgan fingerprint density at radius 3 is 2.37 bits per heavy atom. The van der Waals surface area contributed by atoms with E-state index in [0.717, 1.165) is 40.6 Å². The number of hydrogen-bond donors (Lipinski definition) is 2. The Kier molecular flexibility index (Phi) is 4.73. The van der Waals surface area contributed by atoms with Crippen LogP contribution in [0.2, 0.25) is 0 Å². The van der Waals surface area contributed by atoms with Crippen LogP contribution in [0.5, 0.6) is 0 Å². The van der Waals surface area contributed by atoms with Gasteiger partial charge in [-0.3, -0.25) is 0 Å². The molecular formula is C13H17Br2N3O. The zero-order valence-electron chi connectivity index (χ0n) is 10.7. The monoisotopic (exact) mass is 389 g/mol. The Morgan fingerprint density at radius 1 is 1.32 bits per heavy atom. The molecule has 0 bridgehead atoms. The number of anilines is 2. The van der Waals surface area contributed by atoms with Crippen molar-refractivity contribution in [1.29, 1.82) is 0 Å². The minimum Gasteiger partial charge on any atom is -0.399 e. The lowest BCUT2D eigenvalue weighted by Crippen LogP contribution is -2.40. The quantitative estimate of drug-likeness (QED) is 0.710. The molecule has 0 saturated carbocycles. The van der Waals surface area contributed by atoms with Gasteiger partial charge in [0.25, 0.3) is 0 Å². The first-order chi connectivity index (χ1) is 8.97. The lowest BCUT2D eigenvalue weighted by Gasteiger charge is -2.30. The molecule has 1 heterocycles. The third-order valence-electron chi connectivity index (χ3n) is 3.37. The number of nitrogen functional groups attached to an aromatic ring is 1. The van der Waals surface area contributed by atoms with E-state index in [4.69, 9.17) is 5.73 Å². The van der Waals surface area contributed by atoms with Gasteiger partial charge in [-0.1, -0.05) is 6.92 Å². The summed E-state index contributed by atoms with van der Waals surface area (Å²) in [5.74, 6) is 0.707. The highest BCUT2D eigenvalue weighted by atomic mass is 79.9. The van der Waals surface area contributed by atoms with Crippen molar-refractivity contribution in [3.8, 4) is 0 Å². The fourth-order valence-corrected chi connectivity index (χ4v) is 3.53. The molecule has 0 unspecified atom stereocenters. The van der Waals surface area contributed by atoms with Gasteiger partial charge in [-0.25, -0.2) is 4.79 Å². The van der Waals surface area contributed by atoms with Crippen molar-refractivity contribution in [2.45, 2.75) is 19.8 Å². The van der Waals surface area contributed by atoms with E-state index in [1.54, 1.807) is 12.1 Å². The van der Waals surface area contributed by atoms with Crippen LogP contribution in [-0.2, 0) is 0 Å². The molecule has 6 heteroatoms. The number of halogens is 2. The van der Waals surface area contributed by atoms with Crippen molar-refractivity contribution in [2.24, 2.45) is 5.92 Å². The summed E-state index contributed by atoms with van der Waals surface area (Å²) >= 11 is 6.83. The van der Waals surface area contributed by atoms with Crippen molar-refractivity contribution < 1.29 is 4.79 Å². The lowest BCUT2D eigenvalue weighted by molar-refractivity contribution is 0.186. The summed E-state index contributed by atoms with van der Waals surface area (Å²) in [6.45, 7) is 3.86. The van der Waals surface area contributed by atoms with Gasteiger partial charge in [0, 0.05) is 27.7 Å². The highest BCUT2D eigenvalue weighted by Gasteiger charge is 2.21. The largest absolute Gasteiger partial charge is 0.399 e. The molecule has 1 fully saturated rings. The highest BCUT2D eigenvalue weighted by Crippen LogP contribution is 2.33. The first-order valence-electron chi connectivity index (χ1n) is 6.28. The number of carbonyl (C=O) groups excluding carboxylic acids is 1. The number of likely N-dealkylation sites (tertiary alicyclic amines) is 1. The number of amides is 2. The van der Waals surface area contributed by atoms with Crippen molar-refractivity contribution in [3.63, 3.8) is 0 Å². The molecule has 0 aliphatic carbocycles. The van der Waals surface area contributed by atoms with Gasteiger partial charge in [-0.15, -0.1) is 0 Å². The number of urea groups is 1. The van der Waals surface area contributed by atoms with E-state index in [0.29, 0.717) is 11.6 Å². The fraction of sp³-hybridized carbons (Fsp3) is 0.462. The zero-order chi connectivity index (χ0) is 14.0. The normalized spacial score (nSPS) is 16.5. The van der Waals surface area contributed by atoms with E-state index in [1.165, 1.54) is 0 Å². The smallest absolute Gasteiger partial charge is 0.321 e. The topological polar surface area (TPSA) is 58.4 Å². The predicted octanol–water partition coefficient (Wildman–Crippen LogP) is 4.06. The van der Waals surface area contributed by atoms with Crippen LogP contribution in [0, 0.1) is 5.92 Å². The average molecular weight is 391 g/mol. The number of carbonyl (C=O) groups is 1. The van der Waals surface area contributed by atoms with Gasteiger partial charge in [-0.05, 0) is 62.8 Å². The molecule has 0 radical (unpaired) electrons. The number of benzene rings is 1. The lowest BCUT2D eigenvalue weighted by atomic mass is 10.00. The van der Waals surface area contributed by atoms with Gasteiger partial charge in [0.2, 0.25) is 0 Å². The molecular weight excluding hydrogens is 374 g/mol. The Balaban J connectivity index is 2.07. The number of nitrogens with zero attached hydrogens (tertiary/aromatic N) is 1. The van der Waals surface area contributed by atoms with Gasteiger partial charge in [0.05, 0.1) is 5.69 Å². The molecule has 2 rings (SSSR count). The Morgan fingerprint density at radius 2 is 1.84 bits per heavy atom. The van der Waals surface area contributed by atoms with Crippen LogP contribution < -0.4 is 11.1 Å². The first kappa shape index (κ1) is 14.7. The maximum atomic E-state index is 12.2. The summed E-state index contributed by atoms with van der Waals surface area (Å²) in [6, 6.07) is 3.50. The molecule has 0 atom stereocenters. The Labute approximate surface area is 130 Å². The van der Waals surface area contributed by atoms with Crippen LogP contribution in [-0.4, -0.2) is 24.0 Å². The summed E-state index contributed by atoms with van der Waals surface area (Å²) in [7, 11) is 0. The number of nitrogens with two attached hydrogens (primary N) is 1. The molecule has 1 aliphatic rings. The Bertz CT molecular complexity index is 462. The summed E-state index contributed by atoms with van der Waals surface area (Å²) in [5, 5.41) is 2.93. The molecule has 104 valence electrons. The first-order valence-corrected chi connectivity index (χ1v) is 7.86. The van der Waals surface area contributed by atoms with Crippen LogP contribution in [0.4, 0.5) is 16.2 Å². The van der Waals surface area contributed by atoms with Gasteiger partial charge < -0.3 is 16.0 Å². The molecule has 1 aromatic carbocycles. The summed E-state index contributed by atoms with van der Waals surface area (Å²) in [5.41, 5.74) is 7.10. The molecule has 3 N–H and O–H groups in total. The Hall–Kier alpha value is -0.750. The van der Waals surface area contributed by atoms with Gasteiger partial charge >= 0.3 is 6.03 Å². The molecule has 0 spiro atoms. The van der Waals surface area contributed by atoms with E-state index in [-0.39, 0.29) is 6.03 Å². The summed E-state index contributed by atoms with van der Waals surface area (Å²) < 4.78 is 1.55. The van der Waals surface area contributed by atoms with Crippen LogP contribution in [0.15, 0.2) is 21.1 Å². The number of nitrogens with one attached hydrogen (secondary N) is 1. The second-order valence-corrected chi connectivity index (χ2v) is 6.67. The maximum Gasteiger partial charge on any atom is 0.321 e. The van der Waals surface area contributed by atoms with Crippen LogP contribution in [0.25, 0.3) is 0 Å². The molecule has 1 saturated heterocycles. The van der Waals surface area contributed by atoms with Crippen molar-refractivity contribution >= 4 is 49.3 Å². The molecule has 19 heavy (non-hydrogen) atoms. The maximum absolute atomic E-state index is 12.2. The minimum atomic E-state index is -0.0573. The third kappa shape index (κ3) is 3.63. The summed E-state index contributed by atoms with van der Waals surface area (Å²) in [4.78, 5) is 14.1. The standard InChI is InChI=1S/C13H17Br2N3O/c1-8-2-4-18(5-3-8)13(19)17-12-10(14)6-9(16)7-11(12)15/h6-8H,2-5,16H2,1H3,(H,17,19). The second kappa shape index (κ2) is 6.13. The summed E-state index contributed by atoms with van der Waals surface area (Å²) in [6.07, 6.45) is 2.13. The average Bonchev–Trinajstić information content (AvgIpc) is 2.34. The van der Waals surface area contributed by atoms with Crippen molar-refractivity contribution in [3.05, 3.63) is 21.1 Å². The highest BCUT2D eigenvalue weighted by molar-refractivity contribution is 9.11. The third-order valence-corrected chi connectivity index (χ3v) is 4.62. The van der Waals surface area contributed by atoms with Crippen molar-refractivity contribution in [2.75, 3.05) is 24.1 Å². The van der Waals surface area contributed by atoms with E-state index >= 15 is 0 Å². The molecule has 1 aliphatic heterocycles. The fourth-order valence-electron chi connectivity index (χ4n) is 2.11. The van der Waals surface area contributed by atoms with E-state index < -0.39 is 0 Å². The minimum absolute atomic E-state index is 0.0573. The van der Waals surface area contributed by atoms with Crippen molar-refractivity contribution in [1.82, 2.24) is 4.90 Å². The van der Waals surface area contributed by atoms with Crippen LogP contribution in [0.1, 0.15) is 19.8 Å². The molecule has 0 aromatic heterocycles. The zero-order valence-corrected chi connectivity index (χ0v) is 13.9. The SMILES string of the molecule is CC1CCN(C(=O)Nc2c(Br)cc(N)cc2Br)CC1. The van der Waals surface area contributed by atoms with E-state index in [1.807, 2.05) is 4.90 Å². The van der Waals surface area contributed by atoms with Gasteiger partial charge in [0.1, 0.15) is 0 Å². The predicted molar refractivity (Wildman–Crippen MR) is 85.2 cm³/mol. The van der Waals surface area contributed by atoms with E-state index in [2.05, 4.69) is 44.1 Å². The second-order valence-electron chi connectivity index (χ2n) is 4.96. The van der Waals surface area contributed by atoms with Gasteiger partial charge in [-0.2, -0.15) is 0 Å². The van der Waals surface area contributed by atoms with Crippen LogP contribution in [0.3, 0.4) is 0 Å².